The highest BCUT2D eigenvalue weighted by molar-refractivity contribution is 9.10. The molecule has 2 amide bonds. The van der Waals surface area contributed by atoms with Crippen molar-refractivity contribution < 1.29 is 9.59 Å². The lowest BCUT2D eigenvalue weighted by atomic mass is 10.2. The van der Waals surface area contributed by atoms with Crippen LogP contribution in [-0.2, 0) is 9.59 Å². The topological polar surface area (TPSA) is 50.3 Å². The Morgan fingerprint density at radius 1 is 1.33 bits per heavy atom. The average Bonchev–Trinajstić information content (AvgIpc) is 2.09. The van der Waals surface area contributed by atoms with Crippen molar-refractivity contribution in [3.05, 3.63) is 22.4 Å². The fourth-order valence-electron chi connectivity index (χ4n) is 1.33. The predicted molar refractivity (Wildman–Crippen MR) is 60.5 cm³/mol. The van der Waals surface area contributed by atoms with Crippen LogP contribution in [0.1, 0.15) is 19.5 Å². The van der Waals surface area contributed by atoms with Gasteiger partial charge in [0.05, 0.1) is 11.4 Å². The molecular weight excluding hydrogens is 260 g/mol. The van der Waals surface area contributed by atoms with Crippen LogP contribution in [0.2, 0.25) is 0 Å². The first kappa shape index (κ1) is 11.8. The van der Waals surface area contributed by atoms with Gasteiger partial charge in [-0.3, -0.25) is 14.6 Å². The number of halogens is 1. The van der Waals surface area contributed by atoms with Gasteiger partial charge in [-0.2, -0.15) is 0 Å². The molecular formula is C10H11BrN2O2. The second-order valence-electron chi connectivity index (χ2n) is 3.10. The number of aryl methyl sites for hydroxylation is 1. The summed E-state index contributed by atoms with van der Waals surface area (Å²) in [4.78, 5) is 27.8. The van der Waals surface area contributed by atoms with Crippen LogP contribution in [0.25, 0.3) is 0 Å². The van der Waals surface area contributed by atoms with Crippen molar-refractivity contribution in [2.45, 2.75) is 20.8 Å². The van der Waals surface area contributed by atoms with Crippen LogP contribution in [0.15, 0.2) is 16.7 Å². The van der Waals surface area contributed by atoms with Gasteiger partial charge in [0.25, 0.3) is 0 Å². The number of carbonyl (C=O) groups excluding carboxylic acids is 2. The van der Waals surface area contributed by atoms with Crippen molar-refractivity contribution in [2.75, 3.05) is 4.90 Å². The quantitative estimate of drug-likeness (QED) is 0.785. The molecule has 0 unspecified atom stereocenters. The number of aromatic nitrogens is 1. The molecule has 0 aliphatic rings. The monoisotopic (exact) mass is 270 g/mol. The smallest absolute Gasteiger partial charge is 0.230 e. The Bertz CT molecular complexity index is 384. The Kier molecular flexibility index (Phi) is 3.57. The third kappa shape index (κ3) is 2.41. The van der Waals surface area contributed by atoms with Gasteiger partial charge in [0.15, 0.2) is 0 Å². The number of pyridine rings is 1. The number of rotatable bonds is 1. The molecule has 0 saturated carbocycles. The zero-order valence-electron chi connectivity index (χ0n) is 8.74. The lowest BCUT2D eigenvalue weighted by molar-refractivity contribution is -0.124. The van der Waals surface area contributed by atoms with E-state index in [1.807, 2.05) is 0 Å². The van der Waals surface area contributed by atoms with E-state index in [2.05, 4.69) is 20.9 Å². The van der Waals surface area contributed by atoms with E-state index in [0.717, 1.165) is 4.90 Å². The van der Waals surface area contributed by atoms with Crippen molar-refractivity contribution in [3.8, 4) is 0 Å². The van der Waals surface area contributed by atoms with Crippen LogP contribution >= 0.6 is 15.9 Å². The van der Waals surface area contributed by atoms with E-state index in [1.165, 1.54) is 13.8 Å². The summed E-state index contributed by atoms with van der Waals surface area (Å²) < 4.78 is 0.681. The number of imide groups is 1. The van der Waals surface area contributed by atoms with Crippen molar-refractivity contribution in [1.82, 2.24) is 4.98 Å². The molecule has 1 aromatic heterocycles. The van der Waals surface area contributed by atoms with E-state index in [0.29, 0.717) is 15.9 Å². The van der Waals surface area contributed by atoms with E-state index in [-0.39, 0.29) is 11.8 Å². The van der Waals surface area contributed by atoms with Gasteiger partial charge < -0.3 is 0 Å². The molecule has 1 heterocycles. The molecule has 0 N–H and O–H groups in total. The third-order valence-electron chi connectivity index (χ3n) is 1.91. The largest absolute Gasteiger partial charge is 0.274 e. The minimum Gasteiger partial charge on any atom is -0.274 e. The fraction of sp³-hybridized carbons (Fsp3) is 0.300. The Hall–Kier alpha value is -1.23. The van der Waals surface area contributed by atoms with E-state index in [4.69, 9.17) is 0 Å². The Morgan fingerprint density at radius 2 is 1.87 bits per heavy atom. The molecule has 1 aromatic rings. The van der Waals surface area contributed by atoms with Crippen molar-refractivity contribution >= 4 is 33.4 Å². The number of hydrogen-bond acceptors (Lipinski definition) is 3. The second-order valence-corrected chi connectivity index (χ2v) is 3.95. The summed E-state index contributed by atoms with van der Waals surface area (Å²) in [5.41, 5.74) is 1.15. The number of anilines is 1. The lowest BCUT2D eigenvalue weighted by Crippen LogP contribution is -2.34. The first-order chi connectivity index (χ1) is 6.95. The van der Waals surface area contributed by atoms with E-state index in [9.17, 15) is 9.59 Å². The highest BCUT2D eigenvalue weighted by Crippen LogP contribution is 2.28. The minimum absolute atomic E-state index is 0.320. The first-order valence-electron chi connectivity index (χ1n) is 4.37. The van der Waals surface area contributed by atoms with Gasteiger partial charge in [0.1, 0.15) is 0 Å². The molecule has 80 valence electrons. The van der Waals surface area contributed by atoms with E-state index in [1.54, 1.807) is 19.2 Å². The van der Waals surface area contributed by atoms with Gasteiger partial charge in [-0.15, -0.1) is 0 Å². The second kappa shape index (κ2) is 4.53. The molecule has 15 heavy (non-hydrogen) atoms. The van der Waals surface area contributed by atoms with Gasteiger partial charge in [0.2, 0.25) is 11.8 Å². The molecule has 1 rings (SSSR count). The number of amides is 2. The van der Waals surface area contributed by atoms with Crippen LogP contribution in [0.3, 0.4) is 0 Å². The lowest BCUT2D eigenvalue weighted by Gasteiger charge is -2.20. The third-order valence-corrected chi connectivity index (χ3v) is 2.55. The zero-order valence-corrected chi connectivity index (χ0v) is 10.3. The maximum Gasteiger partial charge on any atom is 0.230 e. The molecule has 0 aliphatic carbocycles. The summed E-state index contributed by atoms with van der Waals surface area (Å²) in [6, 6.07) is 1.70. The van der Waals surface area contributed by atoms with Gasteiger partial charge in [-0.25, -0.2) is 4.90 Å². The maximum absolute atomic E-state index is 11.3. The average molecular weight is 271 g/mol. The molecule has 0 aliphatic heterocycles. The number of nitrogens with zero attached hydrogens (tertiary/aromatic N) is 2. The van der Waals surface area contributed by atoms with Gasteiger partial charge in [-0.05, 0) is 28.9 Å². The van der Waals surface area contributed by atoms with E-state index < -0.39 is 0 Å². The summed E-state index contributed by atoms with van der Waals surface area (Å²) in [6.07, 6.45) is 1.61. The molecule has 0 radical (unpaired) electrons. The zero-order chi connectivity index (χ0) is 11.6. The molecule has 4 nitrogen and oxygen atoms in total. The summed E-state index contributed by atoms with van der Waals surface area (Å²) in [7, 11) is 0. The number of carbonyl (C=O) groups is 2. The summed E-state index contributed by atoms with van der Waals surface area (Å²) in [6.45, 7) is 4.44. The van der Waals surface area contributed by atoms with Crippen molar-refractivity contribution in [1.29, 1.82) is 0 Å². The summed E-state index contributed by atoms with van der Waals surface area (Å²) in [5, 5.41) is 0. The van der Waals surface area contributed by atoms with Gasteiger partial charge in [-0.1, -0.05) is 0 Å². The highest BCUT2D eigenvalue weighted by atomic mass is 79.9. The normalized spacial score (nSPS) is 9.87. The van der Waals surface area contributed by atoms with Crippen LogP contribution in [-0.4, -0.2) is 16.8 Å². The van der Waals surface area contributed by atoms with Crippen LogP contribution < -0.4 is 4.90 Å². The summed E-state index contributed by atoms with van der Waals surface area (Å²) >= 11 is 3.30. The minimum atomic E-state index is -0.320. The Balaban J connectivity index is 3.35. The molecule has 0 atom stereocenters. The van der Waals surface area contributed by atoms with Crippen LogP contribution in [0, 0.1) is 6.92 Å². The van der Waals surface area contributed by atoms with E-state index >= 15 is 0 Å². The van der Waals surface area contributed by atoms with Crippen LogP contribution in [0.4, 0.5) is 5.69 Å². The van der Waals surface area contributed by atoms with Crippen molar-refractivity contribution in [2.24, 2.45) is 0 Å². The van der Waals surface area contributed by atoms with Gasteiger partial charge in [0, 0.05) is 24.5 Å². The van der Waals surface area contributed by atoms with Crippen LogP contribution in [0.5, 0.6) is 0 Å². The SMILES string of the molecule is CC(=O)N(C(C)=O)c1c(Br)ccnc1C. The standard InChI is InChI=1S/C10H11BrN2O2/c1-6-10(9(11)4-5-12-6)13(7(2)14)8(3)15/h4-5H,1-3H3. The maximum atomic E-state index is 11.3. The first-order valence-corrected chi connectivity index (χ1v) is 5.16. The molecule has 0 saturated heterocycles. The van der Waals surface area contributed by atoms with Crippen molar-refractivity contribution in [3.63, 3.8) is 0 Å². The Morgan fingerprint density at radius 3 is 2.27 bits per heavy atom. The predicted octanol–water partition coefficient (Wildman–Crippen LogP) is 2.05. The molecule has 5 heteroatoms. The van der Waals surface area contributed by atoms with Gasteiger partial charge >= 0.3 is 0 Å². The Labute approximate surface area is 96.4 Å². The molecule has 0 aromatic carbocycles. The summed E-state index contributed by atoms with van der Waals surface area (Å²) in [5.74, 6) is -0.640. The molecule has 0 spiro atoms. The molecule has 0 fully saturated rings. The molecule has 0 bridgehead atoms. The fourth-order valence-corrected chi connectivity index (χ4v) is 1.92. The highest BCUT2D eigenvalue weighted by Gasteiger charge is 2.21. The number of hydrogen-bond donors (Lipinski definition) is 0.